The van der Waals surface area contributed by atoms with Crippen LogP contribution in [0, 0.1) is 27.7 Å². The fourth-order valence-electron chi connectivity index (χ4n) is 2.85. The maximum Gasteiger partial charge on any atom is 0.347 e. The minimum atomic E-state index is -0.835. The first-order valence-corrected chi connectivity index (χ1v) is 8.93. The summed E-state index contributed by atoms with van der Waals surface area (Å²) in [6.45, 7) is 11.0. The molecule has 0 aliphatic rings. The van der Waals surface area contributed by atoms with Gasteiger partial charge in [0.2, 0.25) is 0 Å². The lowest BCUT2D eigenvalue weighted by atomic mass is 10.1. The Kier molecular flexibility index (Phi) is 6.55. The topological polar surface area (TPSA) is 77.5 Å². The Bertz CT molecular complexity index is 841. The molecule has 1 atom stereocenters. The lowest BCUT2D eigenvalue weighted by molar-refractivity contribution is -0.150. The number of esters is 1. The predicted molar refractivity (Wildman–Crippen MR) is 104 cm³/mol. The molecule has 6 nitrogen and oxygen atoms in total. The molecule has 1 N–H and O–H groups in total. The van der Waals surface area contributed by atoms with E-state index in [2.05, 4.69) is 10.3 Å². The number of anilines is 1. The number of hydrogen-bond donors (Lipinski definition) is 1. The van der Waals surface area contributed by atoms with Crippen LogP contribution >= 0.6 is 0 Å². The van der Waals surface area contributed by atoms with Crippen LogP contribution < -0.4 is 10.1 Å². The number of aromatic nitrogens is 1. The normalized spacial score (nSPS) is 11.6. The quantitative estimate of drug-likeness (QED) is 0.781. The maximum absolute atomic E-state index is 13.0. The van der Waals surface area contributed by atoms with Crippen molar-refractivity contribution in [1.82, 2.24) is 4.98 Å². The highest BCUT2D eigenvalue weighted by Gasteiger charge is 2.23. The summed E-state index contributed by atoms with van der Waals surface area (Å²) in [7, 11) is 0. The number of nitrogens with zero attached hydrogens (tertiary/aromatic N) is 1. The second-order valence-electron chi connectivity index (χ2n) is 6.46. The van der Waals surface area contributed by atoms with Crippen molar-refractivity contribution in [2.45, 2.75) is 47.6 Å². The van der Waals surface area contributed by atoms with E-state index in [9.17, 15) is 9.59 Å². The van der Waals surface area contributed by atoms with Gasteiger partial charge in [0.15, 0.2) is 6.10 Å². The summed E-state index contributed by atoms with van der Waals surface area (Å²) in [4.78, 5) is 29.3. The zero-order valence-electron chi connectivity index (χ0n) is 16.7. The van der Waals surface area contributed by atoms with Crippen molar-refractivity contribution in [3.05, 3.63) is 52.3 Å². The molecule has 0 saturated heterocycles. The van der Waals surface area contributed by atoms with E-state index >= 15 is 0 Å². The van der Waals surface area contributed by atoms with Gasteiger partial charge in [-0.2, -0.15) is 0 Å². The van der Waals surface area contributed by atoms with Crippen LogP contribution in [-0.4, -0.2) is 29.6 Å². The van der Waals surface area contributed by atoms with Crippen molar-refractivity contribution in [3.8, 4) is 5.75 Å². The van der Waals surface area contributed by atoms with Gasteiger partial charge in [0.1, 0.15) is 11.3 Å². The van der Waals surface area contributed by atoms with E-state index in [1.54, 1.807) is 26.8 Å². The van der Waals surface area contributed by atoms with E-state index in [1.165, 1.54) is 0 Å². The van der Waals surface area contributed by atoms with Gasteiger partial charge in [-0.05, 0) is 52.7 Å². The molecule has 1 unspecified atom stereocenters. The van der Waals surface area contributed by atoms with Crippen LogP contribution in [0.3, 0.4) is 0 Å². The predicted octanol–water partition coefficient (Wildman–Crippen LogP) is 3.90. The molecule has 0 aliphatic carbocycles. The minimum absolute atomic E-state index is 0.265. The highest BCUT2D eigenvalue weighted by atomic mass is 16.6. The number of carbonyl (C=O) groups excluding carboxylic acids is 2. The Morgan fingerprint density at radius 1 is 1.15 bits per heavy atom. The molecule has 1 aromatic heterocycles. The van der Waals surface area contributed by atoms with Crippen molar-refractivity contribution < 1.29 is 19.1 Å². The fourth-order valence-corrected chi connectivity index (χ4v) is 2.85. The van der Waals surface area contributed by atoms with Crippen molar-refractivity contribution in [2.24, 2.45) is 0 Å². The first kappa shape index (κ1) is 20.4. The van der Waals surface area contributed by atoms with Gasteiger partial charge in [-0.25, -0.2) is 4.79 Å². The molecule has 0 saturated carbocycles. The molecule has 0 aliphatic heterocycles. The van der Waals surface area contributed by atoms with E-state index < -0.39 is 12.1 Å². The average molecular weight is 370 g/mol. The number of amides is 1. The largest absolute Gasteiger partial charge is 0.478 e. The molecule has 1 heterocycles. The van der Waals surface area contributed by atoms with Crippen molar-refractivity contribution in [2.75, 3.05) is 11.9 Å². The summed E-state index contributed by atoms with van der Waals surface area (Å²) in [6, 6.07) is 7.46. The third-order valence-electron chi connectivity index (χ3n) is 4.16. The van der Waals surface area contributed by atoms with E-state index in [0.29, 0.717) is 22.7 Å². The number of para-hydroxylation sites is 1. The number of ether oxygens (including phenoxy) is 2. The van der Waals surface area contributed by atoms with Crippen LogP contribution in [0.25, 0.3) is 0 Å². The second kappa shape index (κ2) is 8.66. The Morgan fingerprint density at radius 2 is 1.78 bits per heavy atom. The van der Waals surface area contributed by atoms with Crippen LogP contribution in [-0.2, 0) is 9.53 Å². The number of benzene rings is 1. The number of carbonyl (C=O) groups is 2. The zero-order chi connectivity index (χ0) is 20.1. The van der Waals surface area contributed by atoms with Crippen molar-refractivity contribution in [1.29, 1.82) is 0 Å². The fraction of sp³-hybridized carbons (Fsp3) is 0.381. The van der Waals surface area contributed by atoms with E-state index in [-0.39, 0.29) is 12.5 Å². The molecule has 0 bridgehead atoms. The van der Waals surface area contributed by atoms with Gasteiger partial charge in [0.05, 0.1) is 12.3 Å². The summed E-state index contributed by atoms with van der Waals surface area (Å²) in [5, 5.41) is 2.95. The molecule has 6 heteroatoms. The molecule has 1 aromatic carbocycles. The SMILES string of the molecule is CCOC(=O)C(C)Oc1cc(C)nc(C)c1C(=O)Nc1c(C)cccc1C. The van der Waals surface area contributed by atoms with E-state index in [1.807, 2.05) is 39.0 Å². The van der Waals surface area contributed by atoms with Crippen LogP contribution in [0.15, 0.2) is 24.3 Å². The maximum atomic E-state index is 13.0. The lowest BCUT2D eigenvalue weighted by Crippen LogP contribution is -2.28. The first-order chi connectivity index (χ1) is 12.7. The molecular weight excluding hydrogens is 344 g/mol. The van der Waals surface area contributed by atoms with Crippen LogP contribution in [0.2, 0.25) is 0 Å². The number of hydrogen-bond acceptors (Lipinski definition) is 5. The van der Waals surface area contributed by atoms with E-state index in [4.69, 9.17) is 9.47 Å². The highest BCUT2D eigenvalue weighted by Crippen LogP contribution is 2.27. The summed E-state index contributed by atoms with van der Waals surface area (Å²) >= 11 is 0. The highest BCUT2D eigenvalue weighted by molar-refractivity contribution is 6.07. The van der Waals surface area contributed by atoms with Gasteiger partial charge in [-0.15, -0.1) is 0 Å². The third-order valence-corrected chi connectivity index (χ3v) is 4.16. The summed E-state index contributed by atoms with van der Waals surface area (Å²) in [5.74, 6) is -0.501. The van der Waals surface area contributed by atoms with Gasteiger partial charge in [0, 0.05) is 17.4 Å². The Balaban J connectivity index is 2.38. The van der Waals surface area contributed by atoms with Gasteiger partial charge >= 0.3 is 5.97 Å². The number of aryl methyl sites for hydroxylation is 4. The van der Waals surface area contributed by atoms with Gasteiger partial charge in [0.25, 0.3) is 5.91 Å². The standard InChI is InChI=1S/C21H26N2O4/c1-7-26-21(25)16(6)27-17-11-14(4)22-15(5)18(17)20(24)23-19-12(2)9-8-10-13(19)3/h8-11,16H,7H2,1-6H3,(H,23,24). The molecular formula is C21H26N2O4. The number of pyridine rings is 1. The molecule has 2 rings (SSSR count). The summed E-state index contributed by atoms with van der Waals surface area (Å²) in [6.07, 6.45) is -0.835. The molecule has 0 radical (unpaired) electrons. The molecule has 1 amide bonds. The summed E-state index contributed by atoms with van der Waals surface area (Å²) < 4.78 is 10.7. The Hall–Kier alpha value is -2.89. The molecule has 0 fully saturated rings. The third kappa shape index (κ3) is 4.84. The Morgan fingerprint density at radius 3 is 2.37 bits per heavy atom. The lowest BCUT2D eigenvalue weighted by Gasteiger charge is -2.19. The first-order valence-electron chi connectivity index (χ1n) is 8.93. The zero-order valence-corrected chi connectivity index (χ0v) is 16.7. The second-order valence-corrected chi connectivity index (χ2v) is 6.46. The molecule has 2 aromatic rings. The monoisotopic (exact) mass is 370 g/mol. The number of nitrogens with one attached hydrogen (secondary N) is 1. The van der Waals surface area contributed by atoms with Crippen molar-refractivity contribution >= 4 is 17.6 Å². The van der Waals surface area contributed by atoms with Gasteiger partial charge in [-0.1, -0.05) is 18.2 Å². The van der Waals surface area contributed by atoms with E-state index in [0.717, 1.165) is 16.8 Å². The molecule has 27 heavy (non-hydrogen) atoms. The summed E-state index contributed by atoms with van der Waals surface area (Å²) in [5.41, 5.74) is 4.21. The molecule has 144 valence electrons. The van der Waals surface area contributed by atoms with Gasteiger partial charge < -0.3 is 14.8 Å². The van der Waals surface area contributed by atoms with Crippen LogP contribution in [0.1, 0.15) is 46.7 Å². The van der Waals surface area contributed by atoms with Crippen LogP contribution in [0.5, 0.6) is 5.75 Å². The Labute approximate surface area is 159 Å². The number of rotatable bonds is 6. The van der Waals surface area contributed by atoms with Crippen molar-refractivity contribution in [3.63, 3.8) is 0 Å². The molecule has 0 spiro atoms. The van der Waals surface area contributed by atoms with Gasteiger partial charge in [-0.3, -0.25) is 9.78 Å². The average Bonchev–Trinajstić information content (AvgIpc) is 2.57. The smallest absolute Gasteiger partial charge is 0.347 e. The van der Waals surface area contributed by atoms with Crippen LogP contribution in [0.4, 0.5) is 5.69 Å². The minimum Gasteiger partial charge on any atom is -0.478 e.